The molecule has 7 nitrogen and oxygen atoms in total. The number of nitrogens with one attached hydrogen (secondary N) is 1. The smallest absolute Gasteiger partial charge is 0.271 e. The molecule has 3 atom stereocenters. The number of hydrogen-bond donors (Lipinski definition) is 1. The van der Waals surface area contributed by atoms with Gasteiger partial charge in [0, 0.05) is 31.6 Å². The zero-order chi connectivity index (χ0) is 16.4. The lowest BCUT2D eigenvalue weighted by Gasteiger charge is -2.32. The number of carbonyl (C=O) groups excluding carboxylic acids is 1. The third-order valence-corrected chi connectivity index (χ3v) is 4.68. The number of nitrogens with zero attached hydrogens (tertiary/aromatic N) is 3. The second-order valence-electron chi connectivity index (χ2n) is 6.22. The summed E-state index contributed by atoms with van der Waals surface area (Å²) in [6.07, 6.45) is 8.36. The van der Waals surface area contributed by atoms with Gasteiger partial charge in [-0.2, -0.15) is 0 Å². The second kappa shape index (κ2) is 6.70. The molecule has 0 aromatic carbocycles. The first kappa shape index (κ1) is 15.3. The van der Waals surface area contributed by atoms with Crippen LogP contribution in [0.25, 0.3) is 0 Å². The van der Waals surface area contributed by atoms with E-state index in [0.717, 1.165) is 38.3 Å². The fourth-order valence-electron chi connectivity index (χ4n) is 3.62. The SMILES string of the molecule is O=C(N[C@@H]1CN(Cc2ccco2)[C@@H]2CCCO[C@@H]21)c1cnccn1. The summed E-state index contributed by atoms with van der Waals surface area (Å²) in [5.74, 6) is 0.723. The Kier molecular flexibility index (Phi) is 4.27. The maximum absolute atomic E-state index is 12.4. The summed E-state index contributed by atoms with van der Waals surface area (Å²) in [5, 5.41) is 3.07. The van der Waals surface area contributed by atoms with Crippen molar-refractivity contribution in [2.45, 2.75) is 37.6 Å². The molecule has 7 heteroatoms. The predicted molar refractivity (Wildman–Crippen MR) is 85.2 cm³/mol. The lowest BCUT2D eigenvalue weighted by molar-refractivity contribution is -0.0219. The van der Waals surface area contributed by atoms with Crippen LogP contribution in [0.4, 0.5) is 0 Å². The average Bonchev–Trinajstić information content (AvgIpc) is 3.25. The van der Waals surface area contributed by atoms with Crippen molar-refractivity contribution >= 4 is 5.91 Å². The van der Waals surface area contributed by atoms with Crippen molar-refractivity contribution in [2.24, 2.45) is 0 Å². The van der Waals surface area contributed by atoms with Crippen LogP contribution in [0.5, 0.6) is 0 Å². The van der Waals surface area contributed by atoms with Gasteiger partial charge in [0.15, 0.2) is 0 Å². The normalized spacial score (nSPS) is 26.9. The molecule has 1 amide bonds. The molecule has 0 saturated carbocycles. The fraction of sp³-hybridized carbons (Fsp3) is 0.471. The van der Waals surface area contributed by atoms with E-state index >= 15 is 0 Å². The molecular weight excluding hydrogens is 308 g/mol. The Balaban J connectivity index is 1.47. The van der Waals surface area contributed by atoms with Crippen LogP contribution >= 0.6 is 0 Å². The number of ether oxygens (including phenoxy) is 1. The van der Waals surface area contributed by atoms with Crippen molar-refractivity contribution in [1.29, 1.82) is 0 Å². The molecule has 24 heavy (non-hydrogen) atoms. The number of fused-ring (bicyclic) bond motifs is 1. The molecule has 2 fully saturated rings. The van der Waals surface area contributed by atoms with E-state index in [1.165, 1.54) is 12.4 Å². The van der Waals surface area contributed by atoms with Gasteiger partial charge in [0.1, 0.15) is 11.5 Å². The van der Waals surface area contributed by atoms with Crippen LogP contribution in [0.15, 0.2) is 41.4 Å². The van der Waals surface area contributed by atoms with Crippen LogP contribution in [0.2, 0.25) is 0 Å². The number of hydrogen-bond acceptors (Lipinski definition) is 6. The van der Waals surface area contributed by atoms with E-state index in [4.69, 9.17) is 9.15 Å². The minimum atomic E-state index is -0.208. The number of rotatable bonds is 4. The van der Waals surface area contributed by atoms with Crippen molar-refractivity contribution < 1.29 is 13.9 Å². The van der Waals surface area contributed by atoms with E-state index in [0.29, 0.717) is 11.7 Å². The highest BCUT2D eigenvalue weighted by atomic mass is 16.5. The number of carbonyl (C=O) groups is 1. The second-order valence-corrected chi connectivity index (χ2v) is 6.22. The highest BCUT2D eigenvalue weighted by Crippen LogP contribution is 2.30. The Morgan fingerprint density at radius 2 is 2.38 bits per heavy atom. The average molecular weight is 328 g/mol. The number of furan rings is 1. The van der Waals surface area contributed by atoms with Crippen molar-refractivity contribution in [3.63, 3.8) is 0 Å². The van der Waals surface area contributed by atoms with Crippen LogP contribution in [-0.2, 0) is 11.3 Å². The quantitative estimate of drug-likeness (QED) is 0.909. The third-order valence-electron chi connectivity index (χ3n) is 4.68. The van der Waals surface area contributed by atoms with Gasteiger partial charge in [-0.1, -0.05) is 0 Å². The fourth-order valence-corrected chi connectivity index (χ4v) is 3.62. The highest BCUT2D eigenvalue weighted by Gasteiger charge is 2.44. The van der Waals surface area contributed by atoms with Gasteiger partial charge in [0.2, 0.25) is 0 Å². The molecule has 4 rings (SSSR count). The maximum Gasteiger partial charge on any atom is 0.271 e. The molecule has 0 unspecified atom stereocenters. The molecule has 0 spiro atoms. The Labute approximate surface area is 140 Å². The van der Waals surface area contributed by atoms with E-state index in [-0.39, 0.29) is 18.1 Å². The summed E-state index contributed by atoms with van der Waals surface area (Å²) in [5.41, 5.74) is 0.328. The highest BCUT2D eigenvalue weighted by molar-refractivity contribution is 5.92. The van der Waals surface area contributed by atoms with Crippen LogP contribution in [0.1, 0.15) is 29.1 Å². The van der Waals surface area contributed by atoms with Crippen LogP contribution in [0, 0.1) is 0 Å². The first-order valence-corrected chi connectivity index (χ1v) is 8.26. The molecule has 0 bridgehead atoms. The maximum atomic E-state index is 12.4. The number of amides is 1. The molecule has 2 aromatic heterocycles. The summed E-state index contributed by atoms with van der Waals surface area (Å²) in [7, 11) is 0. The lowest BCUT2D eigenvalue weighted by atomic mass is 10.0. The molecule has 2 aliphatic rings. The summed E-state index contributed by atoms with van der Waals surface area (Å²) < 4.78 is 11.5. The van der Waals surface area contributed by atoms with E-state index in [9.17, 15) is 4.79 Å². The van der Waals surface area contributed by atoms with Gasteiger partial charge in [-0.15, -0.1) is 0 Å². The van der Waals surface area contributed by atoms with E-state index in [2.05, 4.69) is 20.2 Å². The third kappa shape index (κ3) is 3.05. The minimum Gasteiger partial charge on any atom is -0.468 e. The molecule has 0 radical (unpaired) electrons. The van der Waals surface area contributed by atoms with E-state index in [1.807, 2.05) is 12.1 Å². The molecule has 1 N–H and O–H groups in total. The van der Waals surface area contributed by atoms with Gasteiger partial charge in [-0.05, 0) is 25.0 Å². The molecule has 2 saturated heterocycles. The van der Waals surface area contributed by atoms with Gasteiger partial charge in [0.25, 0.3) is 5.91 Å². The lowest BCUT2D eigenvalue weighted by Crippen LogP contribution is -2.47. The summed E-state index contributed by atoms with van der Waals surface area (Å²) in [4.78, 5) is 22.7. The Morgan fingerprint density at radius 1 is 1.42 bits per heavy atom. The van der Waals surface area contributed by atoms with Crippen molar-refractivity contribution in [2.75, 3.05) is 13.2 Å². The Bertz CT molecular complexity index is 676. The van der Waals surface area contributed by atoms with Crippen molar-refractivity contribution in [3.8, 4) is 0 Å². The van der Waals surface area contributed by atoms with Crippen LogP contribution < -0.4 is 5.32 Å². The first-order chi connectivity index (χ1) is 11.8. The monoisotopic (exact) mass is 328 g/mol. The van der Waals surface area contributed by atoms with Gasteiger partial charge in [0.05, 0.1) is 31.2 Å². The molecular formula is C17H20N4O3. The van der Waals surface area contributed by atoms with Gasteiger partial charge < -0.3 is 14.5 Å². The van der Waals surface area contributed by atoms with Crippen LogP contribution in [0.3, 0.4) is 0 Å². The largest absolute Gasteiger partial charge is 0.468 e. The minimum absolute atomic E-state index is 0.00864. The van der Waals surface area contributed by atoms with E-state index in [1.54, 1.807) is 12.5 Å². The van der Waals surface area contributed by atoms with Gasteiger partial charge in [-0.25, -0.2) is 4.98 Å². The molecule has 126 valence electrons. The molecule has 4 heterocycles. The van der Waals surface area contributed by atoms with Crippen molar-refractivity contribution in [3.05, 3.63) is 48.4 Å². The van der Waals surface area contributed by atoms with E-state index < -0.39 is 0 Å². The van der Waals surface area contributed by atoms with Crippen molar-refractivity contribution in [1.82, 2.24) is 20.2 Å². The first-order valence-electron chi connectivity index (χ1n) is 8.26. The van der Waals surface area contributed by atoms with Gasteiger partial charge in [-0.3, -0.25) is 14.7 Å². The standard InChI is InChI=1S/C17H20N4O3/c22-17(13-9-18-5-6-19-13)20-14-11-21(10-12-3-1-7-23-12)15-4-2-8-24-16(14)15/h1,3,5-7,9,14-16H,2,4,8,10-11H2,(H,20,22)/t14-,15-,16-/m1/s1. The number of likely N-dealkylation sites (tertiary alicyclic amines) is 1. The molecule has 2 aliphatic heterocycles. The topological polar surface area (TPSA) is 80.5 Å². The summed E-state index contributed by atoms with van der Waals surface area (Å²) in [6, 6.07) is 4.12. The predicted octanol–water partition coefficient (Wildman–Crippen LogP) is 1.23. The zero-order valence-electron chi connectivity index (χ0n) is 13.3. The van der Waals surface area contributed by atoms with Gasteiger partial charge >= 0.3 is 0 Å². The molecule has 0 aliphatic carbocycles. The number of aromatic nitrogens is 2. The Morgan fingerprint density at radius 3 is 3.17 bits per heavy atom. The molecule has 2 aromatic rings. The Hall–Kier alpha value is -2.25. The summed E-state index contributed by atoms with van der Waals surface area (Å²) >= 11 is 0. The zero-order valence-corrected chi connectivity index (χ0v) is 13.3. The van der Waals surface area contributed by atoms with Crippen LogP contribution in [-0.4, -0.2) is 52.1 Å². The summed E-state index contributed by atoms with van der Waals surface area (Å²) in [6.45, 7) is 2.21.